The molecule has 0 aliphatic heterocycles. The van der Waals surface area contributed by atoms with Crippen molar-refractivity contribution in [1.29, 1.82) is 0 Å². The van der Waals surface area contributed by atoms with Gasteiger partial charge >= 0.3 is 0 Å². The molecular weight excluding hydrogens is 209 g/mol. The minimum absolute atomic E-state index is 0.212. The standard InChI is InChI=1S/C9H11ClFNO2/c10-6-3-5(7(13)1-2-12)4-8(14)9(6)11/h3-4,7,13-14H,1-2,12H2. The van der Waals surface area contributed by atoms with Crippen LogP contribution < -0.4 is 5.73 Å². The highest BCUT2D eigenvalue weighted by Crippen LogP contribution is 2.29. The van der Waals surface area contributed by atoms with E-state index in [-0.39, 0.29) is 5.02 Å². The zero-order chi connectivity index (χ0) is 10.7. The number of hydrogen-bond donors (Lipinski definition) is 3. The molecule has 0 aromatic heterocycles. The molecule has 0 saturated heterocycles. The van der Waals surface area contributed by atoms with Crippen molar-refractivity contribution in [3.8, 4) is 5.75 Å². The summed E-state index contributed by atoms with van der Waals surface area (Å²) in [6.45, 7) is 0.303. The number of halogens is 2. The molecule has 5 heteroatoms. The highest BCUT2D eigenvalue weighted by atomic mass is 35.5. The van der Waals surface area contributed by atoms with Crippen molar-refractivity contribution >= 4 is 11.6 Å². The minimum atomic E-state index is -0.879. The zero-order valence-electron chi connectivity index (χ0n) is 7.37. The van der Waals surface area contributed by atoms with Crippen LogP contribution in [-0.4, -0.2) is 16.8 Å². The first kappa shape index (κ1) is 11.2. The lowest BCUT2D eigenvalue weighted by atomic mass is 10.1. The second kappa shape index (κ2) is 4.59. The Morgan fingerprint density at radius 1 is 1.50 bits per heavy atom. The van der Waals surface area contributed by atoms with Crippen LogP contribution in [-0.2, 0) is 0 Å². The third-order valence-electron chi connectivity index (χ3n) is 1.86. The van der Waals surface area contributed by atoms with Crippen LogP contribution in [0.2, 0.25) is 5.02 Å². The molecule has 4 N–H and O–H groups in total. The Kier molecular flexibility index (Phi) is 3.69. The maximum Gasteiger partial charge on any atom is 0.183 e. The third-order valence-corrected chi connectivity index (χ3v) is 2.13. The van der Waals surface area contributed by atoms with E-state index in [9.17, 15) is 9.50 Å². The van der Waals surface area contributed by atoms with Crippen LogP contribution >= 0.6 is 11.6 Å². The predicted molar refractivity (Wildman–Crippen MR) is 51.7 cm³/mol. The maximum atomic E-state index is 12.9. The molecule has 1 rings (SSSR count). The van der Waals surface area contributed by atoms with Crippen LogP contribution in [0.15, 0.2) is 12.1 Å². The number of benzene rings is 1. The Morgan fingerprint density at radius 2 is 2.14 bits per heavy atom. The zero-order valence-corrected chi connectivity index (χ0v) is 8.13. The van der Waals surface area contributed by atoms with Crippen LogP contribution in [0.3, 0.4) is 0 Å². The first-order valence-electron chi connectivity index (χ1n) is 4.12. The number of rotatable bonds is 3. The van der Waals surface area contributed by atoms with Gasteiger partial charge in [-0.05, 0) is 30.7 Å². The fraction of sp³-hybridized carbons (Fsp3) is 0.333. The van der Waals surface area contributed by atoms with Gasteiger partial charge < -0.3 is 15.9 Å². The number of aromatic hydroxyl groups is 1. The molecule has 0 aliphatic rings. The Bertz CT molecular complexity index is 310. The normalized spacial score (nSPS) is 12.9. The van der Waals surface area contributed by atoms with Gasteiger partial charge in [-0.15, -0.1) is 0 Å². The van der Waals surface area contributed by atoms with Gasteiger partial charge in [0.2, 0.25) is 0 Å². The van der Waals surface area contributed by atoms with Crippen molar-refractivity contribution < 1.29 is 14.6 Å². The molecule has 0 aliphatic carbocycles. The van der Waals surface area contributed by atoms with Crippen molar-refractivity contribution in [2.75, 3.05) is 6.54 Å². The first-order valence-corrected chi connectivity index (χ1v) is 4.50. The third kappa shape index (κ3) is 2.35. The molecule has 1 aromatic carbocycles. The van der Waals surface area contributed by atoms with Crippen molar-refractivity contribution in [2.24, 2.45) is 5.73 Å². The number of aliphatic hydroxyl groups is 1. The molecule has 0 amide bonds. The molecule has 0 radical (unpaired) electrons. The maximum absolute atomic E-state index is 12.9. The summed E-state index contributed by atoms with van der Waals surface area (Å²) in [6, 6.07) is 2.42. The molecule has 0 fully saturated rings. The summed E-state index contributed by atoms with van der Waals surface area (Å²) in [7, 11) is 0. The Hall–Kier alpha value is -0.840. The van der Waals surface area contributed by atoms with E-state index in [1.54, 1.807) is 0 Å². The van der Waals surface area contributed by atoms with E-state index in [1.807, 2.05) is 0 Å². The molecule has 0 saturated carbocycles. The number of phenolic OH excluding ortho intramolecular Hbond substituents is 1. The lowest BCUT2D eigenvalue weighted by Gasteiger charge is -2.10. The molecule has 78 valence electrons. The summed E-state index contributed by atoms with van der Waals surface area (Å²) in [5.41, 5.74) is 5.60. The average Bonchev–Trinajstić information content (AvgIpc) is 2.13. The van der Waals surface area contributed by atoms with Gasteiger partial charge in [0.25, 0.3) is 0 Å². The topological polar surface area (TPSA) is 66.5 Å². The summed E-state index contributed by atoms with van der Waals surface area (Å²) in [5, 5.41) is 18.4. The van der Waals surface area contributed by atoms with Crippen LogP contribution in [0.1, 0.15) is 18.1 Å². The van der Waals surface area contributed by atoms with E-state index >= 15 is 0 Å². The van der Waals surface area contributed by atoms with Gasteiger partial charge in [0.1, 0.15) is 0 Å². The largest absolute Gasteiger partial charge is 0.505 e. The van der Waals surface area contributed by atoms with Gasteiger partial charge in [-0.25, -0.2) is 4.39 Å². The van der Waals surface area contributed by atoms with Crippen LogP contribution in [0.5, 0.6) is 5.75 Å². The van der Waals surface area contributed by atoms with Crippen LogP contribution in [0.25, 0.3) is 0 Å². The fourth-order valence-electron chi connectivity index (χ4n) is 1.11. The van der Waals surface area contributed by atoms with E-state index in [1.165, 1.54) is 6.07 Å². The minimum Gasteiger partial charge on any atom is -0.505 e. The molecule has 0 bridgehead atoms. The summed E-state index contributed by atoms with van der Waals surface area (Å²) in [4.78, 5) is 0. The van der Waals surface area contributed by atoms with E-state index in [2.05, 4.69) is 0 Å². The monoisotopic (exact) mass is 219 g/mol. The van der Waals surface area contributed by atoms with Gasteiger partial charge in [0, 0.05) is 0 Å². The smallest absolute Gasteiger partial charge is 0.183 e. The Balaban J connectivity index is 3.00. The second-order valence-electron chi connectivity index (χ2n) is 2.93. The number of hydrogen-bond acceptors (Lipinski definition) is 3. The molecule has 14 heavy (non-hydrogen) atoms. The quantitative estimate of drug-likeness (QED) is 0.723. The van der Waals surface area contributed by atoms with Gasteiger partial charge in [0.15, 0.2) is 11.6 Å². The molecule has 3 nitrogen and oxygen atoms in total. The van der Waals surface area contributed by atoms with Gasteiger partial charge in [-0.3, -0.25) is 0 Å². The SMILES string of the molecule is NCCC(O)c1cc(O)c(F)c(Cl)c1. The summed E-state index contributed by atoms with van der Waals surface area (Å²) >= 11 is 5.49. The first-order chi connectivity index (χ1) is 6.56. The van der Waals surface area contributed by atoms with Crippen molar-refractivity contribution in [2.45, 2.75) is 12.5 Å². The second-order valence-corrected chi connectivity index (χ2v) is 3.34. The van der Waals surface area contributed by atoms with E-state index in [0.717, 1.165) is 6.07 Å². The highest BCUT2D eigenvalue weighted by molar-refractivity contribution is 6.30. The van der Waals surface area contributed by atoms with Gasteiger partial charge in [0.05, 0.1) is 11.1 Å². The van der Waals surface area contributed by atoms with Crippen molar-refractivity contribution in [3.05, 3.63) is 28.5 Å². The van der Waals surface area contributed by atoms with Crippen LogP contribution in [0.4, 0.5) is 4.39 Å². The lowest BCUT2D eigenvalue weighted by molar-refractivity contribution is 0.170. The lowest BCUT2D eigenvalue weighted by Crippen LogP contribution is -2.06. The Morgan fingerprint density at radius 3 is 2.64 bits per heavy atom. The highest BCUT2D eigenvalue weighted by Gasteiger charge is 2.13. The van der Waals surface area contributed by atoms with E-state index in [4.69, 9.17) is 22.4 Å². The molecule has 0 heterocycles. The van der Waals surface area contributed by atoms with Crippen molar-refractivity contribution in [3.63, 3.8) is 0 Å². The van der Waals surface area contributed by atoms with Gasteiger partial charge in [-0.1, -0.05) is 11.6 Å². The molecule has 0 spiro atoms. The van der Waals surface area contributed by atoms with E-state index < -0.39 is 17.7 Å². The summed E-state index contributed by atoms with van der Waals surface area (Å²) in [6.07, 6.45) is -0.495. The predicted octanol–water partition coefficient (Wildman–Crippen LogP) is 1.57. The number of nitrogens with two attached hydrogens (primary N) is 1. The average molecular weight is 220 g/mol. The number of phenols is 1. The summed E-state index contributed by atoms with van der Waals surface area (Å²) < 4.78 is 12.9. The Labute approximate surface area is 85.9 Å². The van der Waals surface area contributed by atoms with Crippen molar-refractivity contribution in [1.82, 2.24) is 0 Å². The number of aliphatic hydroxyl groups excluding tert-OH is 1. The molecule has 1 aromatic rings. The molecule has 1 atom stereocenters. The fourth-order valence-corrected chi connectivity index (χ4v) is 1.33. The van der Waals surface area contributed by atoms with E-state index in [0.29, 0.717) is 18.5 Å². The molecular formula is C9H11ClFNO2. The van der Waals surface area contributed by atoms with Crippen LogP contribution in [0, 0.1) is 5.82 Å². The molecule has 1 unspecified atom stereocenters. The van der Waals surface area contributed by atoms with Gasteiger partial charge in [-0.2, -0.15) is 0 Å². The summed E-state index contributed by atoms with van der Waals surface area (Å²) in [5.74, 6) is -1.45.